The van der Waals surface area contributed by atoms with Crippen LogP contribution in [0.25, 0.3) is 0 Å². The summed E-state index contributed by atoms with van der Waals surface area (Å²) < 4.78 is 0. The van der Waals surface area contributed by atoms with Crippen molar-refractivity contribution >= 4 is 0 Å². The van der Waals surface area contributed by atoms with Crippen molar-refractivity contribution in [3.63, 3.8) is 0 Å². The molecule has 4 atom stereocenters. The molecule has 1 saturated heterocycles. The minimum atomic E-state index is 0.351. The summed E-state index contributed by atoms with van der Waals surface area (Å²) in [6.07, 6.45) is 7.99. The van der Waals surface area contributed by atoms with Gasteiger partial charge >= 0.3 is 0 Å². The zero-order valence-corrected chi connectivity index (χ0v) is 15.5. The van der Waals surface area contributed by atoms with E-state index in [2.05, 4.69) is 51.8 Å². The number of nitrogens with one attached hydrogen (secondary N) is 1. The van der Waals surface area contributed by atoms with Gasteiger partial charge in [-0.3, -0.25) is 4.90 Å². The van der Waals surface area contributed by atoms with Crippen LogP contribution in [0.5, 0.6) is 0 Å². The lowest BCUT2D eigenvalue weighted by atomic mass is 9.86. The van der Waals surface area contributed by atoms with E-state index in [1.165, 1.54) is 51.6 Å². The third kappa shape index (κ3) is 5.25. The highest BCUT2D eigenvalue weighted by Gasteiger charge is 2.38. The quantitative estimate of drug-likeness (QED) is 0.664. The van der Waals surface area contributed by atoms with Crippen molar-refractivity contribution in [2.75, 3.05) is 19.6 Å². The predicted octanol–water partition coefficient (Wildman–Crippen LogP) is 4.69. The third-order valence-electron chi connectivity index (χ3n) is 6.04. The Morgan fingerprint density at radius 2 is 1.90 bits per heavy atom. The van der Waals surface area contributed by atoms with Crippen LogP contribution in [0.15, 0.2) is 0 Å². The Morgan fingerprint density at radius 1 is 1.19 bits per heavy atom. The second-order valence-corrected chi connectivity index (χ2v) is 7.54. The van der Waals surface area contributed by atoms with E-state index in [-0.39, 0.29) is 0 Å². The van der Waals surface area contributed by atoms with Crippen molar-refractivity contribution in [1.29, 1.82) is 0 Å². The van der Waals surface area contributed by atoms with Gasteiger partial charge in [-0.05, 0) is 31.6 Å². The molecular formula is C19H40N2. The second-order valence-electron chi connectivity index (χ2n) is 7.54. The maximum Gasteiger partial charge on any atom is 0.0304 e. The van der Waals surface area contributed by atoms with Crippen molar-refractivity contribution in [3.8, 4) is 0 Å². The van der Waals surface area contributed by atoms with Gasteiger partial charge in [0.25, 0.3) is 0 Å². The van der Waals surface area contributed by atoms with E-state index < -0.39 is 0 Å². The molecule has 0 aromatic rings. The molecule has 0 amide bonds. The molecule has 126 valence electrons. The van der Waals surface area contributed by atoms with Gasteiger partial charge in [0.2, 0.25) is 0 Å². The van der Waals surface area contributed by atoms with Crippen molar-refractivity contribution in [2.24, 2.45) is 11.8 Å². The number of rotatable bonds is 9. The standard InChI is InChI=1S/C19H40N2/c1-7-11-12-17(9-3)13-21-14-18(16(5)8-2)20-15-19(21,6)10-4/h16-18,20H,7-15H2,1-6H3. The van der Waals surface area contributed by atoms with Crippen molar-refractivity contribution in [2.45, 2.75) is 91.6 Å². The van der Waals surface area contributed by atoms with E-state index in [4.69, 9.17) is 0 Å². The monoisotopic (exact) mass is 296 g/mol. The first kappa shape index (κ1) is 19.0. The summed E-state index contributed by atoms with van der Waals surface area (Å²) in [6, 6.07) is 0.679. The molecule has 1 aliphatic heterocycles. The summed E-state index contributed by atoms with van der Waals surface area (Å²) in [6.45, 7) is 17.9. The van der Waals surface area contributed by atoms with Gasteiger partial charge in [0, 0.05) is 31.2 Å². The molecule has 0 bridgehead atoms. The topological polar surface area (TPSA) is 15.3 Å². The fourth-order valence-corrected chi connectivity index (χ4v) is 3.52. The molecule has 2 nitrogen and oxygen atoms in total. The first-order valence-corrected chi connectivity index (χ1v) is 9.49. The SMILES string of the molecule is CCCCC(CC)CN1CC(C(C)CC)NCC1(C)CC. The average Bonchev–Trinajstić information content (AvgIpc) is 2.52. The average molecular weight is 297 g/mol. The van der Waals surface area contributed by atoms with Crippen molar-refractivity contribution in [3.05, 3.63) is 0 Å². The molecule has 0 aromatic carbocycles. The molecule has 1 fully saturated rings. The van der Waals surface area contributed by atoms with E-state index in [1.807, 2.05) is 0 Å². The molecular weight excluding hydrogens is 256 g/mol. The molecule has 0 saturated carbocycles. The van der Waals surface area contributed by atoms with Crippen LogP contribution in [-0.4, -0.2) is 36.1 Å². The van der Waals surface area contributed by atoms with Gasteiger partial charge in [-0.1, -0.05) is 60.3 Å². The fourth-order valence-electron chi connectivity index (χ4n) is 3.52. The number of hydrogen-bond donors (Lipinski definition) is 1. The molecule has 0 aliphatic carbocycles. The number of unbranched alkanes of at least 4 members (excludes halogenated alkanes) is 1. The van der Waals surface area contributed by atoms with Crippen LogP contribution in [0.3, 0.4) is 0 Å². The summed E-state index contributed by atoms with van der Waals surface area (Å²) in [5, 5.41) is 3.83. The summed E-state index contributed by atoms with van der Waals surface area (Å²) >= 11 is 0. The van der Waals surface area contributed by atoms with Crippen LogP contribution < -0.4 is 5.32 Å². The number of hydrogen-bond acceptors (Lipinski definition) is 2. The summed E-state index contributed by atoms with van der Waals surface area (Å²) in [5.74, 6) is 1.66. The number of nitrogens with zero attached hydrogens (tertiary/aromatic N) is 1. The van der Waals surface area contributed by atoms with Gasteiger partial charge in [0.05, 0.1) is 0 Å². The molecule has 0 aromatic heterocycles. The van der Waals surface area contributed by atoms with E-state index in [0.717, 1.165) is 18.4 Å². The predicted molar refractivity (Wildman–Crippen MR) is 94.8 cm³/mol. The van der Waals surface area contributed by atoms with Gasteiger partial charge in [0.15, 0.2) is 0 Å². The molecule has 1 rings (SSSR count). The molecule has 2 heteroatoms. The first-order valence-electron chi connectivity index (χ1n) is 9.49. The highest BCUT2D eigenvalue weighted by Crippen LogP contribution is 2.28. The summed E-state index contributed by atoms with van der Waals surface area (Å²) in [5.41, 5.74) is 0.351. The Balaban J connectivity index is 2.70. The van der Waals surface area contributed by atoms with Gasteiger partial charge in [-0.25, -0.2) is 0 Å². The van der Waals surface area contributed by atoms with Gasteiger partial charge < -0.3 is 5.32 Å². The Kier molecular flexibility index (Phi) is 8.26. The Morgan fingerprint density at radius 3 is 2.43 bits per heavy atom. The molecule has 1 heterocycles. The summed E-state index contributed by atoms with van der Waals surface area (Å²) in [7, 11) is 0. The molecule has 0 spiro atoms. The first-order chi connectivity index (χ1) is 10.0. The van der Waals surface area contributed by atoms with Gasteiger partial charge in [0.1, 0.15) is 0 Å². The lowest BCUT2D eigenvalue weighted by Gasteiger charge is -2.50. The van der Waals surface area contributed by atoms with E-state index in [0.29, 0.717) is 11.6 Å². The van der Waals surface area contributed by atoms with Crippen molar-refractivity contribution in [1.82, 2.24) is 10.2 Å². The Hall–Kier alpha value is -0.0800. The molecule has 1 N–H and O–H groups in total. The van der Waals surface area contributed by atoms with Crippen LogP contribution in [0.1, 0.15) is 80.1 Å². The lowest BCUT2D eigenvalue weighted by Crippen LogP contribution is -2.65. The molecule has 0 radical (unpaired) electrons. The molecule has 1 aliphatic rings. The fraction of sp³-hybridized carbons (Fsp3) is 1.00. The van der Waals surface area contributed by atoms with Gasteiger partial charge in [-0.2, -0.15) is 0 Å². The lowest BCUT2D eigenvalue weighted by molar-refractivity contribution is 0.0216. The molecule has 4 unspecified atom stereocenters. The van der Waals surface area contributed by atoms with E-state index >= 15 is 0 Å². The second kappa shape index (κ2) is 9.15. The smallest absolute Gasteiger partial charge is 0.0304 e. The maximum absolute atomic E-state index is 3.83. The molecule has 21 heavy (non-hydrogen) atoms. The zero-order valence-electron chi connectivity index (χ0n) is 15.5. The third-order valence-corrected chi connectivity index (χ3v) is 6.04. The van der Waals surface area contributed by atoms with Crippen LogP contribution in [0, 0.1) is 11.8 Å². The van der Waals surface area contributed by atoms with E-state index in [9.17, 15) is 0 Å². The van der Waals surface area contributed by atoms with Crippen LogP contribution in [0.4, 0.5) is 0 Å². The Labute approximate surface area is 134 Å². The maximum atomic E-state index is 3.83. The minimum Gasteiger partial charge on any atom is -0.311 e. The normalized spacial score (nSPS) is 30.3. The van der Waals surface area contributed by atoms with Gasteiger partial charge in [-0.15, -0.1) is 0 Å². The summed E-state index contributed by atoms with van der Waals surface area (Å²) in [4.78, 5) is 2.82. The largest absolute Gasteiger partial charge is 0.311 e. The highest BCUT2D eigenvalue weighted by molar-refractivity contribution is 4.96. The highest BCUT2D eigenvalue weighted by atomic mass is 15.3. The van der Waals surface area contributed by atoms with E-state index in [1.54, 1.807) is 0 Å². The van der Waals surface area contributed by atoms with Crippen LogP contribution >= 0.6 is 0 Å². The minimum absolute atomic E-state index is 0.351. The van der Waals surface area contributed by atoms with Crippen molar-refractivity contribution < 1.29 is 0 Å². The van der Waals surface area contributed by atoms with Crippen LogP contribution in [-0.2, 0) is 0 Å². The van der Waals surface area contributed by atoms with Crippen LogP contribution in [0.2, 0.25) is 0 Å². The Bertz CT molecular complexity index is 279. The number of piperazine rings is 1. The zero-order chi connectivity index (χ0) is 15.9.